The molecule has 1 N–H and O–H groups in total. The van der Waals surface area contributed by atoms with Crippen LogP contribution in [0.1, 0.15) is 20.3 Å². The molecule has 0 amide bonds. The maximum atomic E-state index is 3.66. The van der Waals surface area contributed by atoms with Crippen molar-refractivity contribution in [3.8, 4) is 0 Å². The summed E-state index contributed by atoms with van der Waals surface area (Å²) in [4.78, 5) is 2.50. The van der Waals surface area contributed by atoms with E-state index >= 15 is 0 Å². The van der Waals surface area contributed by atoms with E-state index in [-0.39, 0.29) is 0 Å². The topological polar surface area (TPSA) is 15.3 Å². The maximum Gasteiger partial charge on any atom is 0.0510 e. The summed E-state index contributed by atoms with van der Waals surface area (Å²) in [5.41, 5.74) is 1.64. The predicted molar refractivity (Wildman–Crippen MR) is 77.6 cm³/mol. The summed E-state index contributed by atoms with van der Waals surface area (Å²) in [6.07, 6.45) is 1.21. The number of hydrogen-bond donors (Lipinski definition) is 1. The first-order chi connectivity index (χ1) is 8.08. The van der Waals surface area contributed by atoms with Crippen LogP contribution in [0.2, 0.25) is 0 Å². The second-order valence-electron chi connectivity index (χ2n) is 5.57. The summed E-state index contributed by atoms with van der Waals surface area (Å²) in [5, 5.41) is 3.53. The van der Waals surface area contributed by atoms with Crippen LogP contribution in [-0.2, 0) is 0 Å². The largest absolute Gasteiger partial charge is 0.370 e. The number of hydrogen-bond acceptors (Lipinski definition) is 2. The van der Waals surface area contributed by atoms with Crippen molar-refractivity contribution in [1.29, 1.82) is 0 Å². The Kier molecular flexibility index (Phi) is 4.10. The number of benzene rings is 1. The molecule has 0 aromatic heterocycles. The number of halogens is 1. The van der Waals surface area contributed by atoms with Crippen LogP contribution < -0.4 is 10.2 Å². The van der Waals surface area contributed by atoms with E-state index < -0.39 is 0 Å². The quantitative estimate of drug-likeness (QED) is 0.856. The van der Waals surface area contributed by atoms with E-state index in [9.17, 15) is 0 Å². The summed E-state index contributed by atoms with van der Waals surface area (Å²) >= 11 is 3.66. The fourth-order valence-corrected chi connectivity index (χ4v) is 2.92. The molecule has 1 aliphatic heterocycles. The van der Waals surface area contributed by atoms with Crippen LogP contribution in [0.5, 0.6) is 0 Å². The smallest absolute Gasteiger partial charge is 0.0510 e. The first-order valence-corrected chi connectivity index (χ1v) is 7.08. The molecule has 0 saturated carbocycles. The van der Waals surface area contributed by atoms with Gasteiger partial charge in [0.25, 0.3) is 0 Å². The van der Waals surface area contributed by atoms with Crippen LogP contribution in [0.15, 0.2) is 28.7 Å². The molecule has 1 heterocycles. The summed E-state index contributed by atoms with van der Waals surface area (Å²) in [6.45, 7) is 9.09. The fourth-order valence-electron chi connectivity index (χ4n) is 2.39. The average molecular weight is 297 g/mol. The van der Waals surface area contributed by atoms with Crippen molar-refractivity contribution in [2.45, 2.75) is 20.3 Å². The molecule has 3 heteroatoms. The van der Waals surface area contributed by atoms with Gasteiger partial charge in [0.2, 0.25) is 0 Å². The van der Waals surface area contributed by atoms with Crippen molar-refractivity contribution in [1.82, 2.24) is 5.32 Å². The Morgan fingerprint density at radius 2 is 2.06 bits per heavy atom. The van der Waals surface area contributed by atoms with Gasteiger partial charge in [0.15, 0.2) is 0 Å². The molecular weight excluding hydrogens is 276 g/mol. The standard InChI is InChI=1S/C14H21BrN2/c1-14(2)10-16-8-5-9-17(11-14)13-7-4-3-6-12(13)15/h3-4,6-7,16H,5,8-11H2,1-2H3. The number of rotatable bonds is 1. The van der Waals surface area contributed by atoms with Gasteiger partial charge in [-0.2, -0.15) is 0 Å². The Morgan fingerprint density at radius 3 is 2.82 bits per heavy atom. The van der Waals surface area contributed by atoms with Crippen LogP contribution in [0.4, 0.5) is 5.69 Å². The van der Waals surface area contributed by atoms with Crippen molar-refractivity contribution >= 4 is 21.6 Å². The third-order valence-electron chi connectivity index (χ3n) is 3.20. The van der Waals surface area contributed by atoms with E-state index in [2.05, 4.69) is 64.3 Å². The Hall–Kier alpha value is -0.540. The molecule has 2 rings (SSSR count). The number of nitrogens with zero attached hydrogens (tertiary/aromatic N) is 1. The average Bonchev–Trinajstić information content (AvgIpc) is 2.25. The first-order valence-electron chi connectivity index (χ1n) is 6.29. The van der Waals surface area contributed by atoms with Crippen LogP contribution in [0, 0.1) is 5.41 Å². The van der Waals surface area contributed by atoms with E-state index in [1.54, 1.807) is 0 Å². The summed E-state index contributed by atoms with van der Waals surface area (Å²) < 4.78 is 1.20. The second-order valence-corrected chi connectivity index (χ2v) is 6.42. The van der Waals surface area contributed by atoms with Gasteiger partial charge < -0.3 is 10.2 Å². The molecule has 0 radical (unpaired) electrons. The molecule has 0 atom stereocenters. The zero-order valence-electron chi connectivity index (χ0n) is 10.7. The lowest BCUT2D eigenvalue weighted by molar-refractivity contribution is 0.325. The summed E-state index contributed by atoms with van der Waals surface area (Å²) in [6, 6.07) is 8.52. The minimum Gasteiger partial charge on any atom is -0.370 e. The lowest BCUT2D eigenvalue weighted by atomic mass is 9.91. The predicted octanol–water partition coefficient (Wildman–Crippen LogP) is 3.28. The molecule has 94 valence electrons. The van der Waals surface area contributed by atoms with Gasteiger partial charge in [-0.05, 0) is 46.4 Å². The zero-order valence-corrected chi connectivity index (χ0v) is 12.3. The fraction of sp³-hybridized carbons (Fsp3) is 0.571. The highest BCUT2D eigenvalue weighted by Gasteiger charge is 2.24. The minimum atomic E-state index is 0.315. The lowest BCUT2D eigenvalue weighted by Gasteiger charge is -2.37. The normalized spacial score (nSPS) is 20.8. The van der Waals surface area contributed by atoms with Crippen molar-refractivity contribution < 1.29 is 0 Å². The van der Waals surface area contributed by atoms with Crippen LogP contribution in [-0.4, -0.2) is 26.2 Å². The number of anilines is 1. The minimum absolute atomic E-state index is 0.315. The SMILES string of the molecule is CC1(C)CNCCCN(c2ccccc2Br)C1. The maximum absolute atomic E-state index is 3.66. The van der Waals surface area contributed by atoms with Gasteiger partial charge in [-0.3, -0.25) is 0 Å². The molecule has 0 spiro atoms. The van der Waals surface area contributed by atoms with E-state index in [1.165, 1.54) is 16.6 Å². The molecule has 0 aliphatic carbocycles. The second kappa shape index (κ2) is 5.40. The third kappa shape index (κ3) is 3.46. The molecule has 0 unspecified atom stereocenters. The molecule has 1 saturated heterocycles. The van der Waals surface area contributed by atoms with Gasteiger partial charge in [0, 0.05) is 24.1 Å². The van der Waals surface area contributed by atoms with E-state index in [4.69, 9.17) is 0 Å². The van der Waals surface area contributed by atoms with Gasteiger partial charge in [0.05, 0.1) is 5.69 Å². The van der Waals surface area contributed by atoms with Gasteiger partial charge in [-0.25, -0.2) is 0 Å². The van der Waals surface area contributed by atoms with E-state index in [0.717, 1.165) is 26.2 Å². The van der Waals surface area contributed by atoms with Gasteiger partial charge in [-0.1, -0.05) is 26.0 Å². The molecule has 17 heavy (non-hydrogen) atoms. The summed E-state index contributed by atoms with van der Waals surface area (Å²) in [5.74, 6) is 0. The summed E-state index contributed by atoms with van der Waals surface area (Å²) in [7, 11) is 0. The highest BCUT2D eigenvalue weighted by Crippen LogP contribution is 2.29. The molecule has 0 bridgehead atoms. The van der Waals surface area contributed by atoms with Crippen molar-refractivity contribution in [2.75, 3.05) is 31.1 Å². The van der Waals surface area contributed by atoms with Crippen molar-refractivity contribution in [2.24, 2.45) is 5.41 Å². The molecule has 1 aromatic carbocycles. The molecule has 1 fully saturated rings. The van der Waals surface area contributed by atoms with E-state index in [1.807, 2.05) is 0 Å². The van der Waals surface area contributed by atoms with Crippen molar-refractivity contribution in [3.63, 3.8) is 0 Å². The molecular formula is C14H21BrN2. The monoisotopic (exact) mass is 296 g/mol. The molecule has 2 nitrogen and oxygen atoms in total. The van der Waals surface area contributed by atoms with Gasteiger partial charge >= 0.3 is 0 Å². The van der Waals surface area contributed by atoms with E-state index in [0.29, 0.717) is 5.41 Å². The Balaban J connectivity index is 2.20. The number of para-hydroxylation sites is 1. The Morgan fingerprint density at radius 1 is 1.29 bits per heavy atom. The first kappa shape index (κ1) is 12.9. The van der Waals surface area contributed by atoms with Crippen molar-refractivity contribution in [3.05, 3.63) is 28.7 Å². The zero-order chi connectivity index (χ0) is 12.3. The Bertz CT molecular complexity index is 376. The highest BCUT2D eigenvalue weighted by molar-refractivity contribution is 9.10. The lowest BCUT2D eigenvalue weighted by Crippen LogP contribution is -2.44. The van der Waals surface area contributed by atoms with Crippen LogP contribution in [0.3, 0.4) is 0 Å². The molecule has 1 aromatic rings. The third-order valence-corrected chi connectivity index (χ3v) is 3.87. The van der Waals surface area contributed by atoms with Crippen LogP contribution >= 0.6 is 15.9 Å². The van der Waals surface area contributed by atoms with Gasteiger partial charge in [0.1, 0.15) is 0 Å². The Labute approximate surface area is 113 Å². The van der Waals surface area contributed by atoms with Gasteiger partial charge in [-0.15, -0.1) is 0 Å². The highest BCUT2D eigenvalue weighted by atomic mass is 79.9. The molecule has 1 aliphatic rings. The van der Waals surface area contributed by atoms with Crippen LogP contribution in [0.25, 0.3) is 0 Å². The number of nitrogens with one attached hydrogen (secondary N) is 1.